The van der Waals surface area contributed by atoms with Crippen LogP contribution in [0.2, 0.25) is 0 Å². The van der Waals surface area contributed by atoms with Crippen LogP contribution in [0.3, 0.4) is 0 Å². The van der Waals surface area contributed by atoms with Gasteiger partial charge in [0.1, 0.15) is 11.6 Å². The normalized spacial score (nSPS) is 13.4. The van der Waals surface area contributed by atoms with Crippen LogP contribution in [0.1, 0.15) is 42.0 Å². The maximum Gasteiger partial charge on any atom is 0.315 e. The summed E-state index contributed by atoms with van der Waals surface area (Å²) in [4.78, 5) is 11.9. The summed E-state index contributed by atoms with van der Waals surface area (Å²) in [7, 11) is 0. The number of aryl methyl sites for hydroxylation is 1. The second kappa shape index (κ2) is 8.29. The Morgan fingerprint density at radius 1 is 1.16 bits per heavy atom. The number of amides is 2. The molecular weight excluding hydrogens is 316 g/mol. The predicted octanol–water partition coefficient (Wildman–Crippen LogP) is 1.92. The van der Waals surface area contributed by atoms with Gasteiger partial charge in [0.15, 0.2) is 0 Å². The summed E-state index contributed by atoms with van der Waals surface area (Å²) in [5.74, 6) is 2.02. The molecular formula is C18H22N6O. The lowest BCUT2D eigenvalue weighted by molar-refractivity contribution is 0.240. The minimum Gasteiger partial charge on any atom is -0.338 e. The van der Waals surface area contributed by atoms with Crippen molar-refractivity contribution in [2.45, 2.75) is 45.2 Å². The average molecular weight is 338 g/mol. The summed E-state index contributed by atoms with van der Waals surface area (Å²) in [5.41, 5.74) is 1.57. The zero-order valence-electron chi connectivity index (χ0n) is 14.2. The molecule has 0 saturated heterocycles. The average Bonchev–Trinajstić information content (AvgIpc) is 2.87. The fourth-order valence-electron chi connectivity index (χ4n) is 2.96. The molecule has 0 bridgehead atoms. The molecule has 0 unspecified atom stereocenters. The predicted molar refractivity (Wildman–Crippen MR) is 92.7 cm³/mol. The molecule has 130 valence electrons. The number of nitrogens with one attached hydrogen (secondary N) is 2. The molecule has 2 aromatic rings. The Morgan fingerprint density at radius 3 is 2.80 bits per heavy atom. The van der Waals surface area contributed by atoms with Gasteiger partial charge in [0.2, 0.25) is 0 Å². The molecule has 0 radical (unpaired) electrons. The van der Waals surface area contributed by atoms with Crippen LogP contribution in [-0.4, -0.2) is 27.3 Å². The van der Waals surface area contributed by atoms with E-state index in [0.717, 1.165) is 36.6 Å². The van der Waals surface area contributed by atoms with Gasteiger partial charge in [0.25, 0.3) is 0 Å². The first kappa shape index (κ1) is 17.0. The van der Waals surface area contributed by atoms with Gasteiger partial charge in [0, 0.05) is 32.5 Å². The highest BCUT2D eigenvalue weighted by Gasteiger charge is 2.14. The Balaban J connectivity index is 1.42. The van der Waals surface area contributed by atoms with E-state index in [-0.39, 0.29) is 6.03 Å². The number of rotatable bonds is 5. The number of aromatic nitrogens is 3. The third kappa shape index (κ3) is 4.57. The quantitative estimate of drug-likeness (QED) is 0.870. The lowest BCUT2D eigenvalue weighted by Crippen LogP contribution is -2.36. The van der Waals surface area contributed by atoms with Gasteiger partial charge < -0.3 is 15.2 Å². The molecule has 2 heterocycles. The lowest BCUT2D eigenvalue weighted by Gasteiger charge is -2.09. The number of nitriles is 1. The molecule has 7 heteroatoms. The number of carbonyl (C=O) groups excluding carboxylic acids is 1. The summed E-state index contributed by atoms with van der Waals surface area (Å²) in [6.45, 7) is 1.93. The summed E-state index contributed by atoms with van der Waals surface area (Å²) in [6.07, 6.45) is 5.24. The van der Waals surface area contributed by atoms with Crippen molar-refractivity contribution in [2.24, 2.45) is 0 Å². The summed E-state index contributed by atoms with van der Waals surface area (Å²) in [6, 6.07) is 9.02. The van der Waals surface area contributed by atoms with E-state index < -0.39 is 0 Å². The van der Waals surface area contributed by atoms with Crippen molar-refractivity contribution in [3.63, 3.8) is 0 Å². The topological polar surface area (TPSA) is 95.6 Å². The van der Waals surface area contributed by atoms with Crippen molar-refractivity contribution >= 4 is 6.03 Å². The Hall–Kier alpha value is -2.88. The van der Waals surface area contributed by atoms with Crippen LogP contribution >= 0.6 is 0 Å². The molecule has 1 aromatic carbocycles. The third-order valence-electron chi connectivity index (χ3n) is 4.36. The van der Waals surface area contributed by atoms with Gasteiger partial charge in [-0.1, -0.05) is 18.6 Å². The van der Waals surface area contributed by atoms with Crippen molar-refractivity contribution in [1.29, 1.82) is 5.26 Å². The van der Waals surface area contributed by atoms with E-state index in [9.17, 15) is 4.79 Å². The van der Waals surface area contributed by atoms with E-state index in [1.165, 1.54) is 12.8 Å². The smallest absolute Gasteiger partial charge is 0.315 e. The van der Waals surface area contributed by atoms with Crippen LogP contribution in [0.25, 0.3) is 0 Å². The number of hydrogen-bond donors (Lipinski definition) is 2. The minimum absolute atomic E-state index is 0.208. The van der Waals surface area contributed by atoms with Crippen molar-refractivity contribution in [1.82, 2.24) is 25.4 Å². The molecule has 0 fully saturated rings. The van der Waals surface area contributed by atoms with Gasteiger partial charge in [-0.25, -0.2) is 4.79 Å². The molecule has 0 saturated carbocycles. The lowest BCUT2D eigenvalue weighted by atomic mass is 10.1. The number of fused-ring (bicyclic) bond motifs is 1. The maximum atomic E-state index is 11.9. The van der Waals surface area contributed by atoms with E-state index in [2.05, 4.69) is 31.5 Å². The van der Waals surface area contributed by atoms with Crippen molar-refractivity contribution < 1.29 is 4.79 Å². The molecule has 1 aromatic heterocycles. The molecule has 2 N–H and O–H groups in total. The first-order valence-electron chi connectivity index (χ1n) is 8.68. The molecule has 2 amide bonds. The summed E-state index contributed by atoms with van der Waals surface area (Å²) < 4.78 is 2.20. The Labute approximate surface area is 147 Å². The second-order valence-corrected chi connectivity index (χ2v) is 6.16. The molecule has 1 aliphatic heterocycles. The highest BCUT2D eigenvalue weighted by atomic mass is 16.2. The number of benzene rings is 1. The van der Waals surface area contributed by atoms with Crippen molar-refractivity contribution in [3.05, 3.63) is 47.0 Å². The number of urea groups is 1. The minimum atomic E-state index is -0.208. The second-order valence-electron chi connectivity index (χ2n) is 6.16. The molecule has 0 atom stereocenters. The molecule has 1 aliphatic rings. The van der Waals surface area contributed by atoms with Crippen molar-refractivity contribution in [3.8, 4) is 6.07 Å². The van der Waals surface area contributed by atoms with Gasteiger partial charge in [-0.2, -0.15) is 5.26 Å². The molecule has 3 rings (SSSR count). The van der Waals surface area contributed by atoms with Crippen LogP contribution in [0.4, 0.5) is 4.79 Å². The van der Waals surface area contributed by atoms with Crippen LogP contribution in [0.15, 0.2) is 24.3 Å². The fraction of sp³-hybridized carbons (Fsp3) is 0.444. The first-order chi connectivity index (χ1) is 12.3. The highest BCUT2D eigenvalue weighted by molar-refractivity contribution is 5.73. The van der Waals surface area contributed by atoms with Crippen LogP contribution < -0.4 is 10.6 Å². The standard InChI is InChI=1S/C18H22N6O/c19-12-14-5-7-15(8-6-14)13-21-18(25)20-10-9-17-23-22-16-4-2-1-3-11-24(16)17/h5-8H,1-4,9-11,13H2,(H2,20,21,25). The van der Waals surface area contributed by atoms with Gasteiger partial charge >= 0.3 is 6.03 Å². The number of nitrogens with zero attached hydrogens (tertiary/aromatic N) is 4. The molecule has 0 spiro atoms. The zero-order chi connectivity index (χ0) is 17.5. The third-order valence-corrected chi connectivity index (χ3v) is 4.36. The van der Waals surface area contributed by atoms with E-state index in [1.54, 1.807) is 12.1 Å². The van der Waals surface area contributed by atoms with Gasteiger partial charge in [0.05, 0.1) is 11.6 Å². The Morgan fingerprint density at radius 2 is 2.00 bits per heavy atom. The van der Waals surface area contributed by atoms with E-state index in [0.29, 0.717) is 25.1 Å². The van der Waals surface area contributed by atoms with E-state index in [1.807, 2.05) is 12.1 Å². The highest BCUT2D eigenvalue weighted by Crippen LogP contribution is 2.14. The molecule has 25 heavy (non-hydrogen) atoms. The van der Waals surface area contributed by atoms with Crippen LogP contribution in [-0.2, 0) is 25.9 Å². The van der Waals surface area contributed by atoms with Gasteiger partial charge in [-0.3, -0.25) is 0 Å². The summed E-state index contributed by atoms with van der Waals surface area (Å²) >= 11 is 0. The molecule has 0 aliphatic carbocycles. The Bertz CT molecular complexity index is 759. The van der Waals surface area contributed by atoms with Gasteiger partial charge in [-0.05, 0) is 30.5 Å². The fourth-order valence-corrected chi connectivity index (χ4v) is 2.96. The maximum absolute atomic E-state index is 11.9. The zero-order valence-corrected chi connectivity index (χ0v) is 14.2. The first-order valence-corrected chi connectivity index (χ1v) is 8.68. The van der Waals surface area contributed by atoms with Crippen LogP contribution in [0, 0.1) is 11.3 Å². The molecule has 7 nitrogen and oxygen atoms in total. The number of hydrogen-bond acceptors (Lipinski definition) is 4. The summed E-state index contributed by atoms with van der Waals surface area (Å²) in [5, 5.41) is 23.0. The van der Waals surface area contributed by atoms with Crippen LogP contribution in [0.5, 0.6) is 0 Å². The van der Waals surface area contributed by atoms with E-state index in [4.69, 9.17) is 5.26 Å². The largest absolute Gasteiger partial charge is 0.338 e. The monoisotopic (exact) mass is 338 g/mol. The van der Waals surface area contributed by atoms with Gasteiger partial charge in [-0.15, -0.1) is 10.2 Å². The van der Waals surface area contributed by atoms with Crippen molar-refractivity contribution in [2.75, 3.05) is 6.54 Å². The number of carbonyl (C=O) groups is 1. The Kier molecular flexibility index (Phi) is 5.62. The van der Waals surface area contributed by atoms with E-state index >= 15 is 0 Å². The SMILES string of the molecule is N#Cc1ccc(CNC(=O)NCCc2nnc3n2CCCCC3)cc1.